The van der Waals surface area contributed by atoms with Crippen LogP contribution < -0.4 is 16.6 Å². The summed E-state index contributed by atoms with van der Waals surface area (Å²) in [7, 11) is 1.59. The van der Waals surface area contributed by atoms with Gasteiger partial charge in [0.25, 0.3) is 0 Å². The van der Waals surface area contributed by atoms with E-state index in [1.807, 2.05) is 18.2 Å². The van der Waals surface area contributed by atoms with Crippen molar-refractivity contribution in [3.63, 3.8) is 0 Å². The molecule has 0 aliphatic rings. The van der Waals surface area contributed by atoms with Gasteiger partial charge in [-0.05, 0) is 34.1 Å². The number of anilines is 3. The quantitative estimate of drug-likeness (QED) is 0.526. The Morgan fingerprint density at radius 1 is 1.20 bits per heavy atom. The third-order valence-electron chi connectivity index (χ3n) is 2.39. The van der Waals surface area contributed by atoms with Crippen molar-refractivity contribution in [2.24, 2.45) is 5.84 Å². The molecule has 6 nitrogen and oxygen atoms in total. The molecule has 0 radical (unpaired) electrons. The molecule has 1 heterocycles. The van der Waals surface area contributed by atoms with Crippen LogP contribution in [0, 0.1) is 0 Å². The molecule has 0 saturated carbocycles. The molecule has 0 unspecified atom stereocenters. The van der Waals surface area contributed by atoms with Crippen LogP contribution in [-0.4, -0.2) is 17.1 Å². The predicted molar refractivity (Wildman–Crippen MR) is 85.7 cm³/mol. The number of benzene rings is 1. The minimum absolute atomic E-state index is 0.311. The first-order chi connectivity index (χ1) is 9.62. The van der Waals surface area contributed by atoms with Crippen molar-refractivity contribution >= 4 is 49.2 Å². The summed E-state index contributed by atoms with van der Waals surface area (Å²) in [5.41, 5.74) is 3.40. The maximum absolute atomic E-state index is 5.40. The number of aromatic nitrogens is 2. The molecule has 8 heteroatoms. The number of nitrogen functional groups attached to an aromatic ring is 1. The van der Waals surface area contributed by atoms with E-state index in [1.165, 1.54) is 0 Å². The van der Waals surface area contributed by atoms with Crippen LogP contribution in [0.2, 0.25) is 0 Å². The molecule has 0 aliphatic heterocycles. The second-order valence-electron chi connectivity index (χ2n) is 3.88. The lowest BCUT2D eigenvalue weighted by atomic mass is 10.3. The monoisotopic (exact) mass is 401 g/mol. The van der Waals surface area contributed by atoms with Gasteiger partial charge < -0.3 is 15.5 Å². The van der Waals surface area contributed by atoms with Crippen LogP contribution in [-0.2, 0) is 11.3 Å². The zero-order valence-electron chi connectivity index (χ0n) is 10.7. The van der Waals surface area contributed by atoms with Crippen molar-refractivity contribution in [3.8, 4) is 0 Å². The Bertz CT molecular complexity index is 608. The Morgan fingerprint density at radius 2 is 1.95 bits per heavy atom. The van der Waals surface area contributed by atoms with Crippen LogP contribution >= 0.6 is 31.9 Å². The topological polar surface area (TPSA) is 85.1 Å². The number of hydrazine groups is 1. The van der Waals surface area contributed by atoms with E-state index >= 15 is 0 Å². The van der Waals surface area contributed by atoms with Crippen molar-refractivity contribution < 1.29 is 4.74 Å². The van der Waals surface area contributed by atoms with E-state index in [0.717, 1.165) is 14.6 Å². The van der Waals surface area contributed by atoms with Gasteiger partial charge in [0, 0.05) is 22.1 Å². The summed E-state index contributed by atoms with van der Waals surface area (Å²) in [6, 6.07) is 7.53. The number of halogens is 2. The number of hydrogen-bond donors (Lipinski definition) is 3. The van der Waals surface area contributed by atoms with E-state index in [1.54, 1.807) is 13.2 Å². The molecule has 0 bridgehead atoms. The third-order valence-corrected chi connectivity index (χ3v) is 3.54. The van der Waals surface area contributed by atoms with Gasteiger partial charge in [-0.25, -0.2) is 15.8 Å². The maximum atomic E-state index is 5.40. The van der Waals surface area contributed by atoms with Crippen LogP contribution in [0.15, 0.2) is 33.2 Å². The molecule has 106 valence electrons. The van der Waals surface area contributed by atoms with Gasteiger partial charge in [-0.2, -0.15) is 0 Å². The van der Waals surface area contributed by atoms with Gasteiger partial charge in [0.2, 0.25) is 0 Å². The minimum atomic E-state index is 0.311. The van der Waals surface area contributed by atoms with Gasteiger partial charge in [-0.15, -0.1) is 0 Å². The summed E-state index contributed by atoms with van der Waals surface area (Å²) in [4.78, 5) is 8.54. The Hall–Kier alpha value is -1.22. The Labute approximate surface area is 133 Å². The van der Waals surface area contributed by atoms with Crippen LogP contribution in [0.4, 0.5) is 17.3 Å². The molecule has 0 atom stereocenters. The van der Waals surface area contributed by atoms with Crippen LogP contribution in [0.1, 0.15) is 5.82 Å². The lowest BCUT2D eigenvalue weighted by Crippen LogP contribution is -2.11. The molecule has 4 N–H and O–H groups in total. The lowest BCUT2D eigenvalue weighted by Gasteiger charge is -2.11. The second kappa shape index (κ2) is 6.98. The largest absolute Gasteiger partial charge is 0.377 e. The van der Waals surface area contributed by atoms with Gasteiger partial charge in [0.15, 0.2) is 5.82 Å². The summed E-state index contributed by atoms with van der Waals surface area (Å²) in [5, 5.41) is 3.20. The molecule has 20 heavy (non-hydrogen) atoms. The number of hydrogen-bond acceptors (Lipinski definition) is 6. The molecular formula is C12H13Br2N5O. The van der Waals surface area contributed by atoms with Crippen molar-refractivity contribution in [1.29, 1.82) is 0 Å². The highest BCUT2D eigenvalue weighted by molar-refractivity contribution is 9.11. The molecule has 0 spiro atoms. The van der Waals surface area contributed by atoms with Crippen molar-refractivity contribution in [3.05, 3.63) is 39.0 Å². The highest BCUT2D eigenvalue weighted by Gasteiger charge is 2.06. The average Bonchev–Trinajstić information content (AvgIpc) is 2.42. The summed E-state index contributed by atoms with van der Waals surface area (Å²) in [5.74, 6) is 7.09. The highest BCUT2D eigenvalue weighted by atomic mass is 79.9. The second-order valence-corrected chi connectivity index (χ2v) is 5.65. The normalized spacial score (nSPS) is 10.4. The van der Waals surface area contributed by atoms with Gasteiger partial charge in [-0.1, -0.05) is 15.9 Å². The number of methoxy groups -OCH3 is 1. The molecule has 0 amide bonds. The zero-order valence-corrected chi connectivity index (χ0v) is 13.8. The fraction of sp³-hybridized carbons (Fsp3) is 0.167. The zero-order chi connectivity index (χ0) is 14.5. The fourth-order valence-electron chi connectivity index (χ4n) is 1.56. The van der Waals surface area contributed by atoms with E-state index < -0.39 is 0 Å². The Balaban J connectivity index is 2.29. The van der Waals surface area contributed by atoms with Crippen LogP contribution in [0.3, 0.4) is 0 Å². The van der Waals surface area contributed by atoms with Gasteiger partial charge in [-0.3, -0.25) is 0 Å². The first-order valence-corrected chi connectivity index (χ1v) is 7.26. The van der Waals surface area contributed by atoms with Gasteiger partial charge in [0.05, 0.1) is 5.69 Å². The lowest BCUT2D eigenvalue weighted by molar-refractivity contribution is 0.178. The van der Waals surface area contributed by atoms with Crippen molar-refractivity contribution in [2.45, 2.75) is 6.61 Å². The summed E-state index contributed by atoms with van der Waals surface area (Å²) in [6.07, 6.45) is 0. The SMILES string of the molecule is COCc1nc(NN)cc(Nc2ccc(Br)cc2Br)n1. The number of nitrogens with two attached hydrogens (primary N) is 1. The van der Waals surface area contributed by atoms with E-state index in [4.69, 9.17) is 10.6 Å². The molecular weight excluding hydrogens is 390 g/mol. The van der Waals surface area contributed by atoms with Crippen molar-refractivity contribution in [2.75, 3.05) is 17.9 Å². The molecule has 1 aromatic carbocycles. The number of nitrogens with one attached hydrogen (secondary N) is 2. The molecule has 2 aromatic rings. The molecule has 2 rings (SSSR count). The molecule has 0 fully saturated rings. The Morgan fingerprint density at radius 3 is 2.60 bits per heavy atom. The van der Waals surface area contributed by atoms with E-state index in [2.05, 4.69) is 52.6 Å². The molecule has 1 aromatic heterocycles. The third kappa shape index (κ3) is 3.89. The first kappa shape index (κ1) is 15.2. The average molecular weight is 403 g/mol. The summed E-state index contributed by atoms with van der Waals surface area (Å²) >= 11 is 6.90. The van der Waals surface area contributed by atoms with Crippen molar-refractivity contribution in [1.82, 2.24) is 9.97 Å². The smallest absolute Gasteiger partial charge is 0.158 e. The van der Waals surface area contributed by atoms with Gasteiger partial charge in [0.1, 0.15) is 18.2 Å². The Kier molecular flexibility index (Phi) is 5.30. The standard InChI is InChI=1S/C12H13Br2N5O/c1-20-6-12-17-10(5-11(18-12)19-15)16-9-3-2-7(13)4-8(9)14/h2-5H,6,15H2,1H3,(H2,16,17,18,19). The van der Waals surface area contributed by atoms with E-state index in [0.29, 0.717) is 24.1 Å². The maximum Gasteiger partial charge on any atom is 0.158 e. The predicted octanol–water partition coefficient (Wildman–Crippen LogP) is 3.18. The molecule has 0 saturated heterocycles. The fourth-order valence-corrected chi connectivity index (χ4v) is 2.70. The minimum Gasteiger partial charge on any atom is -0.377 e. The first-order valence-electron chi connectivity index (χ1n) is 5.68. The van der Waals surface area contributed by atoms with E-state index in [-0.39, 0.29) is 0 Å². The number of ether oxygens (including phenoxy) is 1. The van der Waals surface area contributed by atoms with Crippen LogP contribution in [0.5, 0.6) is 0 Å². The summed E-state index contributed by atoms with van der Waals surface area (Å²) in [6.45, 7) is 0.311. The number of nitrogens with zero attached hydrogens (tertiary/aromatic N) is 2. The van der Waals surface area contributed by atoms with Crippen LogP contribution in [0.25, 0.3) is 0 Å². The number of rotatable bonds is 5. The van der Waals surface area contributed by atoms with E-state index in [9.17, 15) is 0 Å². The summed E-state index contributed by atoms with van der Waals surface area (Å²) < 4.78 is 6.94. The highest BCUT2D eigenvalue weighted by Crippen LogP contribution is 2.28. The molecule has 0 aliphatic carbocycles. The van der Waals surface area contributed by atoms with Gasteiger partial charge >= 0.3 is 0 Å².